The second-order valence-corrected chi connectivity index (χ2v) is 4.93. The van der Waals surface area contributed by atoms with Crippen LogP contribution in [0.1, 0.15) is 43.1 Å². The largest absolute Gasteiger partial charge is 0.476 e. The number of nitrogens with zero attached hydrogens (tertiary/aromatic N) is 4. The average molecular weight is 252 g/mol. The van der Waals surface area contributed by atoms with E-state index in [0.29, 0.717) is 12.6 Å². The molecule has 1 saturated heterocycles. The molecule has 1 aliphatic heterocycles. The first-order valence-electron chi connectivity index (χ1n) is 6.54. The van der Waals surface area contributed by atoms with E-state index in [1.54, 1.807) is 4.68 Å². The van der Waals surface area contributed by atoms with Gasteiger partial charge in [-0.15, -0.1) is 5.10 Å². The number of aromatic nitrogens is 3. The summed E-state index contributed by atoms with van der Waals surface area (Å²) in [5.74, 6) is -1.02. The van der Waals surface area contributed by atoms with E-state index in [2.05, 4.69) is 22.1 Å². The Morgan fingerprint density at radius 2 is 2.06 bits per heavy atom. The van der Waals surface area contributed by atoms with Crippen LogP contribution in [0, 0.1) is 0 Å². The molecule has 0 unspecified atom stereocenters. The van der Waals surface area contributed by atoms with Crippen LogP contribution in [-0.4, -0.2) is 50.1 Å². The second-order valence-electron chi connectivity index (χ2n) is 4.93. The predicted molar refractivity (Wildman–Crippen MR) is 66.5 cm³/mol. The molecular weight excluding hydrogens is 232 g/mol. The first-order chi connectivity index (χ1) is 8.66. The van der Waals surface area contributed by atoms with Crippen molar-refractivity contribution in [2.45, 2.75) is 45.2 Å². The van der Waals surface area contributed by atoms with Gasteiger partial charge in [-0.05, 0) is 32.9 Å². The van der Waals surface area contributed by atoms with Gasteiger partial charge in [0.05, 0.1) is 12.7 Å². The molecule has 0 amide bonds. The third kappa shape index (κ3) is 3.29. The quantitative estimate of drug-likeness (QED) is 0.873. The SMILES string of the molecule is C[C@@H](Cn1cc(C(=O)O)nn1)N1CCCCCC1. The van der Waals surface area contributed by atoms with Gasteiger partial charge in [0.15, 0.2) is 5.69 Å². The number of hydrogen-bond donors (Lipinski definition) is 1. The summed E-state index contributed by atoms with van der Waals surface area (Å²) < 4.78 is 1.62. The number of aromatic carboxylic acids is 1. The van der Waals surface area contributed by atoms with Crippen molar-refractivity contribution in [1.82, 2.24) is 19.9 Å². The summed E-state index contributed by atoms with van der Waals surface area (Å²) in [6.45, 7) is 5.11. The third-order valence-electron chi connectivity index (χ3n) is 3.47. The van der Waals surface area contributed by atoms with Crippen LogP contribution in [0.25, 0.3) is 0 Å². The summed E-state index contributed by atoms with van der Waals surface area (Å²) in [5.41, 5.74) is 0.0121. The lowest BCUT2D eigenvalue weighted by atomic mass is 10.2. The zero-order valence-corrected chi connectivity index (χ0v) is 10.7. The molecule has 1 N–H and O–H groups in total. The molecule has 1 aromatic heterocycles. The molecule has 100 valence electrons. The Morgan fingerprint density at radius 1 is 1.39 bits per heavy atom. The van der Waals surface area contributed by atoms with Crippen molar-refractivity contribution >= 4 is 5.97 Å². The summed E-state index contributed by atoms with van der Waals surface area (Å²) >= 11 is 0. The maximum Gasteiger partial charge on any atom is 0.358 e. The first-order valence-corrected chi connectivity index (χ1v) is 6.54. The van der Waals surface area contributed by atoms with Gasteiger partial charge in [0.2, 0.25) is 0 Å². The smallest absolute Gasteiger partial charge is 0.358 e. The molecule has 6 nitrogen and oxygen atoms in total. The van der Waals surface area contributed by atoms with Crippen LogP contribution in [0.5, 0.6) is 0 Å². The molecule has 0 aliphatic carbocycles. The minimum Gasteiger partial charge on any atom is -0.476 e. The van der Waals surface area contributed by atoms with E-state index in [0.717, 1.165) is 13.1 Å². The van der Waals surface area contributed by atoms with Gasteiger partial charge in [-0.1, -0.05) is 18.1 Å². The van der Waals surface area contributed by atoms with Crippen molar-refractivity contribution < 1.29 is 9.90 Å². The second kappa shape index (κ2) is 5.95. The highest BCUT2D eigenvalue weighted by Gasteiger charge is 2.17. The fraction of sp³-hybridized carbons (Fsp3) is 0.750. The molecule has 0 saturated carbocycles. The van der Waals surface area contributed by atoms with E-state index >= 15 is 0 Å². The number of carboxylic acids is 1. The fourth-order valence-corrected chi connectivity index (χ4v) is 2.41. The van der Waals surface area contributed by atoms with Crippen LogP contribution >= 0.6 is 0 Å². The van der Waals surface area contributed by atoms with E-state index in [4.69, 9.17) is 5.11 Å². The highest BCUT2D eigenvalue weighted by atomic mass is 16.4. The van der Waals surface area contributed by atoms with E-state index in [1.165, 1.54) is 31.9 Å². The van der Waals surface area contributed by atoms with Gasteiger partial charge in [-0.3, -0.25) is 9.58 Å². The summed E-state index contributed by atoms with van der Waals surface area (Å²) in [5, 5.41) is 16.3. The zero-order chi connectivity index (χ0) is 13.0. The average Bonchev–Trinajstić information content (AvgIpc) is 2.64. The molecule has 0 radical (unpaired) electrons. The van der Waals surface area contributed by atoms with Crippen LogP contribution in [0.3, 0.4) is 0 Å². The molecule has 1 aliphatic rings. The Bertz CT molecular complexity index is 397. The Balaban J connectivity index is 1.92. The van der Waals surface area contributed by atoms with Gasteiger partial charge in [0.1, 0.15) is 0 Å². The standard InChI is InChI=1S/C12H20N4O2/c1-10(15-6-4-2-3-5-7-15)8-16-9-11(12(17)18)13-14-16/h9-10H,2-8H2,1H3,(H,17,18)/t10-/m0/s1. The van der Waals surface area contributed by atoms with E-state index in [-0.39, 0.29) is 5.69 Å². The van der Waals surface area contributed by atoms with Crippen LogP contribution < -0.4 is 0 Å². The van der Waals surface area contributed by atoms with E-state index < -0.39 is 5.97 Å². The zero-order valence-electron chi connectivity index (χ0n) is 10.7. The maximum absolute atomic E-state index is 10.7. The van der Waals surface area contributed by atoms with Crippen molar-refractivity contribution in [3.05, 3.63) is 11.9 Å². The first kappa shape index (κ1) is 13.0. The van der Waals surface area contributed by atoms with Gasteiger partial charge in [-0.25, -0.2) is 4.79 Å². The van der Waals surface area contributed by atoms with Crippen molar-refractivity contribution in [2.75, 3.05) is 13.1 Å². The van der Waals surface area contributed by atoms with Crippen molar-refractivity contribution in [3.8, 4) is 0 Å². The highest BCUT2D eigenvalue weighted by Crippen LogP contribution is 2.13. The molecule has 0 bridgehead atoms. The number of hydrogen-bond acceptors (Lipinski definition) is 4. The van der Waals surface area contributed by atoms with E-state index in [1.807, 2.05) is 0 Å². The lowest BCUT2D eigenvalue weighted by molar-refractivity contribution is 0.0690. The summed E-state index contributed by atoms with van der Waals surface area (Å²) in [6, 6.07) is 0.367. The molecule has 6 heteroatoms. The van der Waals surface area contributed by atoms with E-state index in [9.17, 15) is 4.79 Å². The van der Waals surface area contributed by atoms with Crippen molar-refractivity contribution in [3.63, 3.8) is 0 Å². The minimum atomic E-state index is -1.02. The van der Waals surface area contributed by atoms with Crippen molar-refractivity contribution in [1.29, 1.82) is 0 Å². The normalized spacial score (nSPS) is 19.4. The summed E-state index contributed by atoms with van der Waals surface area (Å²) in [7, 11) is 0. The number of carbonyl (C=O) groups is 1. The van der Waals surface area contributed by atoms with Crippen molar-refractivity contribution in [2.24, 2.45) is 0 Å². The van der Waals surface area contributed by atoms with Gasteiger partial charge < -0.3 is 5.11 Å². The summed E-state index contributed by atoms with van der Waals surface area (Å²) in [6.07, 6.45) is 6.63. The minimum absolute atomic E-state index is 0.0121. The Morgan fingerprint density at radius 3 is 2.61 bits per heavy atom. The monoisotopic (exact) mass is 252 g/mol. The molecule has 1 aromatic rings. The number of carboxylic acid groups (broad SMARTS) is 1. The predicted octanol–water partition coefficient (Wildman–Crippen LogP) is 1.24. The molecule has 2 rings (SSSR count). The van der Waals surface area contributed by atoms with Crippen LogP contribution in [-0.2, 0) is 6.54 Å². The van der Waals surface area contributed by atoms with Gasteiger partial charge >= 0.3 is 5.97 Å². The number of likely N-dealkylation sites (tertiary alicyclic amines) is 1. The number of rotatable bonds is 4. The molecule has 1 atom stereocenters. The topological polar surface area (TPSA) is 71.2 Å². The fourth-order valence-electron chi connectivity index (χ4n) is 2.41. The lowest BCUT2D eigenvalue weighted by Gasteiger charge is -2.27. The molecule has 18 heavy (non-hydrogen) atoms. The Labute approximate surface area is 107 Å². The van der Waals surface area contributed by atoms with Crippen LogP contribution in [0.2, 0.25) is 0 Å². The molecule has 0 spiro atoms. The van der Waals surface area contributed by atoms with Crippen LogP contribution in [0.15, 0.2) is 6.20 Å². The third-order valence-corrected chi connectivity index (χ3v) is 3.47. The Hall–Kier alpha value is -1.43. The Kier molecular flexibility index (Phi) is 4.30. The maximum atomic E-state index is 10.7. The van der Waals surface area contributed by atoms with Gasteiger partial charge in [0, 0.05) is 6.04 Å². The molecule has 2 heterocycles. The van der Waals surface area contributed by atoms with Crippen LogP contribution in [0.4, 0.5) is 0 Å². The molecular formula is C12H20N4O2. The lowest BCUT2D eigenvalue weighted by Crippen LogP contribution is -2.37. The highest BCUT2D eigenvalue weighted by molar-refractivity contribution is 5.84. The van der Waals surface area contributed by atoms with Gasteiger partial charge in [-0.2, -0.15) is 0 Å². The molecule has 0 aromatic carbocycles. The van der Waals surface area contributed by atoms with Gasteiger partial charge in [0.25, 0.3) is 0 Å². The summed E-state index contributed by atoms with van der Waals surface area (Å²) in [4.78, 5) is 13.2. The molecule has 1 fully saturated rings.